The van der Waals surface area contributed by atoms with Gasteiger partial charge in [0.15, 0.2) is 0 Å². The van der Waals surface area contributed by atoms with Crippen LogP contribution in [-0.2, 0) is 0 Å². The van der Waals surface area contributed by atoms with Gasteiger partial charge in [-0.2, -0.15) is 0 Å². The summed E-state index contributed by atoms with van der Waals surface area (Å²) >= 11 is 2.30. The summed E-state index contributed by atoms with van der Waals surface area (Å²) in [5.74, 6) is 1.39. The van der Waals surface area contributed by atoms with Crippen molar-refractivity contribution in [2.24, 2.45) is 0 Å². The molecule has 0 radical (unpaired) electrons. The molecular formula is C15H12IN3O. The standard InChI is InChI=1S/C15H12IN3O/c1-20-15-7-4-12(9-17-15)18-14-6-2-10-8-11(16)3-5-13(10)19-14/h2-9H,1H3,(H,18,19). The van der Waals surface area contributed by atoms with Crippen LogP contribution in [0.25, 0.3) is 10.9 Å². The highest BCUT2D eigenvalue weighted by molar-refractivity contribution is 14.1. The number of rotatable bonds is 3. The fourth-order valence-corrected chi connectivity index (χ4v) is 2.40. The molecule has 0 amide bonds. The van der Waals surface area contributed by atoms with Crippen LogP contribution in [0, 0.1) is 3.57 Å². The van der Waals surface area contributed by atoms with Gasteiger partial charge in [0.25, 0.3) is 0 Å². The maximum absolute atomic E-state index is 5.03. The summed E-state index contributed by atoms with van der Waals surface area (Å²) in [6.45, 7) is 0. The first-order valence-corrected chi connectivity index (χ1v) is 7.16. The second kappa shape index (κ2) is 5.62. The Bertz CT molecular complexity index is 744. The van der Waals surface area contributed by atoms with Gasteiger partial charge in [-0.3, -0.25) is 0 Å². The number of aromatic nitrogens is 2. The first-order valence-electron chi connectivity index (χ1n) is 6.08. The Labute approximate surface area is 130 Å². The predicted molar refractivity (Wildman–Crippen MR) is 88.5 cm³/mol. The van der Waals surface area contributed by atoms with E-state index in [1.165, 1.54) is 3.57 Å². The summed E-state index contributed by atoms with van der Waals surface area (Å²) in [4.78, 5) is 8.73. The Morgan fingerprint density at radius 2 is 2.00 bits per heavy atom. The van der Waals surface area contributed by atoms with Crippen molar-refractivity contribution in [3.05, 3.63) is 52.2 Å². The molecule has 0 spiro atoms. The minimum atomic E-state index is 0.594. The number of benzene rings is 1. The minimum Gasteiger partial charge on any atom is -0.481 e. The van der Waals surface area contributed by atoms with E-state index in [4.69, 9.17) is 4.74 Å². The summed E-state index contributed by atoms with van der Waals surface area (Å²) in [7, 11) is 1.60. The monoisotopic (exact) mass is 377 g/mol. The molecule has 1 N–H and O–H groups in total. The zero-order valence-electron chi connectivity index (χ0n) is 10.8. The molecule has 100 valence electrons. The molecule has 0 atom stereocenters. The maximum Gasteiger partial charge on any atom is 0.213 e. The quantitative estimate of drug-likeness (QED) is 0.702. The number of methoxy groups -OCH3 is 1. The minimum absolute atomic E-state index is 0.594. The van der Waals surface area contributed by atoms with Crippen molar-refractivity contribution in [2.45, 2.75) is 0 Å². The third-order valence-electron chi connectivity index (χ3n) is 2.87. The van der Waals surface area contributed by atoms with Gasteiger partial charge in [0.2, 0.25) is 5.88 Å². The van der Waals surface area contributed by atoms with Crippen molar-refractivity contribution in [3.63, 3.8) is 0 Å². The van der Waals surface area contributed by atoms with Crippen molar-refractivity contribution < 1.29 is 4.74 Å². The number of anilines is 2. The molecule has 0 bridgehead atoms. The molecule has 0 aliphatic rings. The van der Waals surface area contributed by atoms with Crippen LogP contribution in [-0.4, -0.2) is 17.1 Å². The average Bonchev–Trinajstić information content (AvgIpc) is 2.48. The van der Waals surface area contributed by atoms with Gasteiger partial charge in [-0.25, -0.2) is 9.97 Å². The lowest BCUT2D eigenvalue weighted by molar-refractivity contribution is 0.398. The van der Waals surface area contributed by atoms with Gasteiger partial charge in [0.05, 0.1) is 24.5 Å². The van der Waals surface area contributed by atoms with Gasteiger partial charge in [-0.15, -0.1) is 0 Å². The lowest BCUT2D eigenvalue weighted by atomic mass is 10.2. The van der Waals surface area contributed by atoms with Crippen LogP contribution in [0.1, 0.15) is 0 Å². The number of hydrogen-bond donors (Lipinski definition) is 1. The number of nitrogens with one attached hydrogen (secondary N) is 1. The van der Waals surface area contributed by atoms with Gasteiger partial charge >= 0.3 is 0 Å². The van der Waals surface area contributed by atoms with Crippen molar-refractivity contribution in [2.75, 3.05) is 12.4 Å². The largest absolute Gasteiger partial charge is 0.481 e. The molecule has 0 saturated carbocycles. The number of fused-ring (bicyclic) bond motifs is 1. The van der Waals surface area contributed by atoms with Crippen molar-refractivity contribution in [1.82, 2.24) is 9.97 Å². The first kappa shape index (κ1) is 13.1. The van der Waals surface area contributed by atoms with E-state index in [9.17, 15) is 0 Å². The molecule has 0 saturated heterocycles. The van der Waals surface area contributed by atoms with Gasteiger partial charge < -0.3 is 10.1 Å². The highest BCUT2D eigenvalue weighted by Gasteiger charge is 2.01. The summed E-state index contributed by atoms with van der Waals surface area (Å²) in [5, 5.41) is 4.37. The Morgan fingerprint density at radius 1 is 1.10 bits per heavy atom. The summed E-state index contributed by atoms with van der Waals surface area (Å²) in [5.41, 5.74) is 1.85. The SMILES string of the molecule is COc1ccc(Nc2ccc3cc(I)ccc3n2)cn1. The summed E-state index contributed by atoms with van der Waals surface area (Å²) in [6.07, 6.45) is 1.72. The maximum atomic E-state index is 5.03. The van der Waals surface area contributed by atoms with Crippen molar-refractivity contribution in [1.29, 1.82) is 0 Å². The molecule has 0 fully saturated rings. The topological polar surface area (TPSA) is 47.0 Å². The number of nitrogens with zero attached hydrogens (tertiary/aromatic N) is 2. The fraction of sp³-hybridized carbons (Fsp3) is 0.0667. The van der Waals surface area contributed by atoms with Crippen LogP contribution < -0.4 is 10.1 Å². The molecule has 3 aromatic rings. The number of ether oxygens (including phenoxy) is 1. The molecule has 5 heteroatoms. The van der Waals surface area contributed by atoms with Gasteiger partial charge in [-0.1, -0.05) is 0 Å². The van der Waals surface area contributed by atoms with Gasteiger partial charge in [0.1, 0.15) is 5.82 Å². The fourth-order valence-electron chi connectivity index (χ4n) is 1.89. The Kier molecular flexibility index (Phi) is 3.68. The Balaban J connectivity index is 1.88. The van der Waals surface area contributed by atoms with E-state index in [0.29, 0.717) is 5.88 Å². The zero-order valence-corrected chi connectivity index (χ0v) is 13.0. The first-order chi connectivity index (χ1) is 9.74. The van der Waals surface area contributed by atoms with Gasteiger partial charge in [0, 0.05) is 15.0 Å². The van der Waals surface area contributed by atoms with E-state index in [-0.39, 0.29) is 0 Å². The van der Waals surface area contributed by atoms with Crippen molar-refractivity contribution in [3.8, 4) is 5.88 Å². The zero-order chi connectivity index (χ0) is 13.9. The van der Waals surface area contributed by atoms with Crippen LogP contribution in [0.4, 0.5) is 11.5 Å². The third-order valence-corrected chi connectivity index (χ3v) is 3.54. The smallest absolute Gasteiger partial charge is 0.213 e. The highest BCUT2D eigenvalue weighted by Crippen LogP contribution is 2.21. The second-order valence-corrected chi connectivity index (χ2v) is 5.49. The molecule has 0 aliphatic carbocycles. The lowest BCUT2D eigenvalue weighted by Crippen LogP contribution is -1.95. The van der Waals surface area contributed by atoms with E-state index in [1.54, 1.807) is 13.3 Å². The van der Waals surface area contributed by atoms with E-state index < -0.39 is 0 Å². The number of pyridine rings is 2. The number of halogens is 1. The van der Waals surface area contributed by atoms with E-state index in [1.807, 2.05) is 24.3 Å². The normalized spacial score (nSPS) is 10.5. The molecule has 20 heavy (non-hydrogen) atoms. The summed E-state index contributed by atoms with van der Waals surface area (Å²) in [6, 6.07) is 13.9. The van der Waals surface area contributed by atoms with Crippen LogP contribution in [0.3, 0.4) is 0 Å². The predicted octanol–water partition coefficient (Wildman–Crippen LogP) is 3.99. The molecule has 0 unspecified atom stereocenters. The van der Waals surface area contributed by atoms with Crippen LogP contribution in [0.15, 0.2) is 48.7 Å². The Hall–Kier alpha value is -1.89. The molecule has 2 aromatic heterocycles. The van der Waals surface area contributed by atoms with Crippen LogP contribution >= 0.6 is 22.6 Å². The highest BCUT2D eigenvalue weighted by atomic mass is 127. The Morgan fingerprint density at radius 3 is 2.75 bits per heavy atom. The molecule has 0 aliphatic heterocycles. The van der Waals surface area contributed by atoms with E-state index in [0.717, 1.165) is 22.4 Å². The third kappa shape index (κ3) is 2.82. The van der Waals surface area contributed by atoms with E-state index >= 15 is 0 Å². The molecule has 2 heterocycles. The van der Waals surface area contributed by atoms with Crippen LogP contribution in [0.2, 0.25) is 0 Å². The summed E-state index contributed by atoms with van der Waals surface area (Å²) < 4.78 is 6.24. The molecular weight excluding hydrogens is 365 g/mol. The molecule has 4 nitrogen and oxygen atoms in total. The molecule has 1 aromatic carbocycles. The molecule has 3 rings (SSSR count). The lowest BCUT2D eigenvalue weighted by Gasteiger charge is -2.07. The van der Waals surface area contributed by atoms with E-state index in [2.05, 4.69) is 56.1 Å². The number of hydrogen-bond acceptors (Lipinski definition) is 4. The van der Waals surface area contributed by atoms with Crippen molar-refractivity contribution >= 4 is 45.0 Å². The van der Waals surface area contributed by atoms with Gasteiger partial charge in [-0.05, 0) is 59.0 Å². The second-order valence-electron chi connectivity index (χ2n) is 4.25. The van der Waals surface area contributed by atoms with Crippen LogP contribution in [0.5, 0.6) is 5.88 Å². The average molecular weight is 377 g/mol.